The molecule has 2 saturated heterocycles. The Bertz CT molecular complexity index is 840. The molecule has 3 aliphatic rings. The molecule has 0 unspecified atom stereocenters. The van der Waals surface area contributed by atoms with Crippen LogP contribution in [0.2, 0.25) is 0 Å². The second kappa shape index (κ2) is 9.00. The van der Waals surface area contributed by atoms with Gasteiger partial charge in [-0.25, -0.2) is 0 Å². The van der Waals surface area contributed by atoms with Gasteiger partial charge in [0.25, 0.3) is 0 Å². The van der Waals surface area contributed by atoms with E-state index in [1.54, 1.807) is 0 Å². The lowest BCUT2D eigenvalue weighted by atomic mass is 9.95. The van der Waals surface area contributed by atoms with E-state index in [4.69, 9.17) is 0 Å². The molecule has 5 nitrogen and oxygen atoms in total. The molecule has 0 aromatic heterocycles. The van der Waals surface area contributed by atoms with Crippen LogP contribution in [0.4, 0.5) is 0 Å². The minimum atomic E-state index is -0.349. The van der Waals surface area contributed by atoms with Gasteiger partial charge >= 0.3 is 0 Å². The van der Waals surface area contributed by atoms with E-state index in [0.717, 1.165) is 58.9 Å². The van der Waals surface area contributed by atoms with Crippen LogP contribution in [-0.2, 0) is 6.54 Å². The van der Waals surface area contributed by atoms with Gasteiger partial charge < -0.3 is 10.2 Å². The van der Waals surface area contributed by atoms with Crippen LogP contribution in [-0.4, -0.2) is 90.0 Å². The molecule has 3 fully saturated rings. The van der Waals surface area contributed by atoms with Crippen molar-refractivity contribution in [2.24, 2.45) is 11.3 Å². The average Bonchev–Trinajstić information content (AvgIpc) is 3.35. The Hall–Kier alpha value is -1.76. The summed E-state index contributed by atoms with van der Waals surface area (Å²) in [4.78, 5) is 7.53. The van der Waals surface area contributed by atoms with Crippen molar-refractivity contribution in [2.45, 2.75) is 18.6 Å². The Balaban J connectivity index is 1.11. The molecule has 5 rings (SSSR count). The predicted molar refractivity (Wildman–Crippen MR) is 123 cm³/mol. The molecular weight excluding hydrogens is 386 g/mol. The maximum Gasteiger partial charge on any atom is 0.0745 e. The molecule has 1 spiro atoms. The molecular formula is C26H35N3O2. The fourth-order valence-corrected chi connectivity index (χ4v) is 6.13. The number of β-amino-alcohol motifs (C(OH)–C–C–N with tert-alkyl or cyclic N) is 1. The van der Waals surface area contributed by atoms with Crippen LogP contribution >= 0.6 is 0 Å². The van der Waals surface area contributed by atoms with Gasteiger partial charge in [0.2, 0.25) is 0 Å². The summed E-state index contributed by atoms with van der Waals surface area (Å²) in [7, 11) is 0. The molecule has 0 amide bonds. The second-order valence-corrected chi connectivity index (χ2v) is 9.64. The number of hydrogen-bond donors (Lipinski definition) is 2. The Morgan fingerprint density at radius 2 is 1.42 bits per heavy atom. The lowest BCUT2D eigenvalue weighted by molar-refractivity contribution is 0.107. The normalized spacial score (nSPS) is 32.0. The van der Waals surface area contributed by atoms with Crippen molar-refractivity contribution in [3.8, 4) is 0 Å². The van der Waals surface area contributed by atoms with E-state index in [-0.39, 0.29) is 30.0 Å². The van der Waals surface area contributed by atoms with E-state index >= 15 is 0 Å². The van der Waals surface area contributed by atoms with Crippen LogP contribution < -0.4 is 0 Å². The standard InChI is InChI=1S/C26H35N3O2/c30-19-23-25(22-9-5-2-6-10-22)26(23)20-29(18-24(26)31)16-13-27-11-14-28(15-12-27)17-21-7-3-1-4-8-21/h1-10,23-25,30-31H,11-20H2/t23-,24+,25-,26-/m1/s1. The van der Waals surface area contributed by atoms with Crippen LogP contribution in [0.25, 0.3) is 0 Å². The number of aliphatic hydroxyl groups is 2. The van der Waals surface area contributed by atoms with Crippen LogP contribution in [0.3, 0.4) is 0 Å². The molecule has 2 aliphatic heterocycles. The Morgan fingerprint density at radius 3 is 2.10 bits per heavy atom. The number of nitrogens with zero attached hydrogens (tertiary/aromatic N) is 3. The van der Waals surface area contributed by atoms with E-state index in [1.807, 2.05) is 6.07 Å². The SMILES string of the molecule is OC[C@@H]1[C@@H](c2ccccc2)[C@]12CN(CCN1CCN(Cc3ccccc3)CC1)C[C@@H]2O. The summed E-state index contributed by atoms with van der Waals surface area (Å²) in [5.41, 5.74) is 2.49. The maximum absolute atomic E-state index is 11.0. The molecule has 2 aromatic rings. The highest BCUT2D eigenvalue weighted by Crippen LogP contribution is 2.68. The molecule has 1 saturated carbocycles. The third-order valence-corrected chi connectivity index (χ3v) is 7.91. The summed E-state index contributed by atoms with van der Waals surface area (Å²) in [6, 6.07) is 21.2. The maximum atomic E-state index is 11.0. The summed E-state index contributed by atoms with van der Waals surface area (Å²) in [5.74, 6) is 0.455. The third kappa shape index (κ3) is 4.18. The highest BCUT2D eigenvalue weighted by Gasteiger charge is 2.70. The smallest absolute Gasteiger partial charge is 0.0745 e. The van der Waals surface area contributed by atoms with Gasteiger partial charge in [0.1, 0.15) is 0 Å². The first-order valence-electron chi connectivity index (χ1n) is 11.8. The highest BCUT2D eigenvalue weighted by atomic mass is 16.3. The molecule has 0 bridgehead atoms. The van der Waals surface area contributed by atoms with Crippen molar-refractivity contribution in [1.29, 1.82) is 0 Å². The first-order valence-corrected chi connectivity index (χ1v) is 11.8. The molecule has 166 valence electrons. The predicted octanol–water partition coefficient (Wildman–Crippen LogP) is 1.87. The monoisotopic (exact) mass is 421 g/mol. The first-order chi connectivity index (χ1) is 15.2. The van der Waals surface area contributed by atoms with Crippen molar-refractivity contribution >= 4 is 0 Å². The van der Waals surface area contributed by atoms with Gasteiger partial charge in [0.05, 0.1) is 6.10 Å². The van der Waals surface area contributed by atoms with Gasteiger partial charge in [0, 0.05) is 70.9 Å². The summed E-state index contributed by atoms with van der Waals surface area (Å²) < 4.78 is 0. The van der Waals surface area contributed by atoms with Crippen LogP contribution in [0.15, 0.2) is 60.7 Å². The minimum Gasteiger partial charge on any atom is -0.396 e. The third-order valence-electron chi connectivity index (χ3n) is 7.91. The highest BCUT2D eigenvalue weighted by molar-refractivity contribution is 5.36. The lowest BCUT2D eigenvalue weighted by Gasteiger charge is -2.35. The first kappa shape index (κ1) is 21.1. The Kier molecular flexibility index (Phi) is 6.13. The van der Waals surface area contributed by atoms with Crippen molar-refractivity contribution < 1.29 is 10.2 Å². The zero-order valence-corrected chi connectivity index (χ0v) is 18.3. The van der Waals surface area contributed by atoms with Gasteiger partial charge in [-0.15, -0.1) is 0 Å². The molecule has 31 heavy (non-hydrogen) atoms. The molecule has 5 heteroatoms. The van der Waals surface area contributed by atoms with Crippen LogP contribution in [0.5, 0.6) is 0 Å². The van der Waals surface area contributed by atoms with Gasteiger partial charge in [-0.3, -0.25) is 14.7 Å². The van der Waals surface area contributed by atoms with E-state index in [0.29, 0.717) is 0 Å². The van der Waals surface area contributed by atoms with Crippen molar-refractivity contribution in [1.82, 2.24) is 14.7 Å². The fourth-order valence-electron chi connectivity index (χ4n) is 6.13. The summed E-state index contributed by atoms with van der Waals surface area (Å²) in [6.45, 7) is 9.33. The van der Waals surface area contributed by atoms with E-state index < -0.39 is 0 Å². The van der Waals surface area contributed by atoms with Gasteiger partial charge in [0.15, 0.2) is 0 Å². The van der Waals surface area contributed by atoms with Gasteiger partial charge in [-0.1, -0.05) is 60.7 Å². The number of hydrogen-bond acceptors (Lipinski definition) is 5. The van der Waals surface area contributed by atoms with Crippen LogP contribution in [0, 0.1) is 11.3 Å². The largest absolute Gasteiger partial charge is 0.396 e. The number of likely N-dealkylation sites (tertiary alicyclic amines) is 1. The minimum absolute atomic E-state index is 0.161. The Morgan fingerprint density at radius 1 is 0.806 bits per heavy atom. The fraction of sp³-hybridized carbons (Fsp3) is 0.538. The summed E-state index contributed by atoms with van der Waals surface area (Å²) in [5, 5.41) is 21.0. The number of rotatable bonds is 7. The van der Waals surface area contributed by atoms with E-state index in [9.17, 15) is 10.2 Å². The van der Waals surface area contributed by atoms with Gasteiger partial charge in [-0.2, -0.15) is 0 Å². The second-order valence-electron chi connectivity index (χ2n) is 9.64. The zero-order valence-electron chi connectivity index (χ0n) is 18.3. The molecule has 2 heterocycles. The Labute approximate surface area is 185 Å². The molecule has 1 aliphatic carbocycles. The van der Waals surface area contributed by atoms with Crippen molar-refractivity contribution in [2.75, 3.05) is 59.0 Å². The molecule has 2 N–H and O–H groups in total. The summed E-state index contributed by atoms with van der Waals surface area (Å²) in [6.07, 6.45) is -0.349. The number of benzene rings is 2. The topological polar surface area (TPSA) is 50.2 Å². The van der Waals surface area contributed by atoms with Crippen molar-refractivity contribution in [3.05, 3.63) is 71.8 Å². The lowest BCUT2D eigenvalue weighted by Crippen LogP contribution is -2.48. The molecule has 4 atom stereocenters. The zero-order chi connectivity index (χ0) is 21.3. The van der Waals surface area contributed by atoms with E-state index in [1.165, 1.54) is 11.1 Å². The summed E-state index contributed by atoms with van der Waals surface area (Å²) >= 11 is 0. The molecule has 2 aromatic carbocycles. The number of piperazine rings is 1. The molecule has 0 radical (unpaired) electrons. The number of aliphatic hydroxyl groups excluding tert-OH is 2. The quantitative estimate of drug-likeness (QED) is 0.715. The van der Waals surface area contributed by atoms with Crippen LogP contribution in [0.1, 0.15) is 17.0 Å². The average molecular weight is 422 g/mol. The van der Waals surface area contributed by atoms with Gasteiger partial charge in [-0.05, 0) is 23.0 Å². The van der Waals surface area contributed by atoms with E-state index in [2.05, 4.69) is 69.3 Å². The van der Waals surface area contributed by atoms with Crippen molar-refractivity contribution in [3.63, 3.8) is 0 Å².